The highest BCUT2D eigenvalue weighted by molar-refractivity contribution is 5.81. The third-order valence-electron chi connectivity index (χ3n) is 9.45. The molecule has 6 nitrogen and oxygen atoms in total. The molecule has 0 aromatic heterocycles. The largest absolute Gasteiger partial charge is 0.393 e. The Labute approximate surface area is 160 Å². The van der Waals surface area contributed by atoms with E-state index in [0.29, 0.717) is 38.5 Å². The van der Waals surface area contributed by atoms with Crippen molar-refractivity contribution in [2.24, 2.45) is 28.6 Å². The molecule has 4 aliphatic carbocycles. The summed E-state index contributed by atoms with van der Waals surface area (Å²) in [6, 6.07) is 0. The first kappa shape index (κ1) is 19.8. The van der Waals surface area contributed by atoms with Gasteiger partial charge in [0.2, 0.25) is 0 Å². The van der Waals surface area contributed by atoms with E-state index in [4.69, 9.17) is 0 Å². The second kappa shape index (κ2) is 5.76. The lowest BCUT2D eigenvalue weighted by Crippen LogP contribution is -2.76. The number of hydrogen-bond donors (Lipinski definition) is 5. The van der Waals surface area contributed by atoms with Crippen molar-refractivity contribution in [1.82, 2.24) is 0 Å². The van der Waals surface area contributed by atoms with Gasteiger partial charge in [0.05, 0.1) is 23.7 Å². The molecule has 0 saturated heterocycles. The van der Waals surface area contributed by atoms with Crippen molar-refractivity contribution >= 4 is 5.78 Å². The fourth-order valence-corrected chi connectivity index (χ4v) is 8.05. The van der Waals surface area contributed by atoms with E-state index in [2.05, 4.69) is 6.92 Å². The molecule has 5 N–H and O–H groups in total. The Hall–Kier alpha value is -0.530. The van der Waals surface area contributed by atoms with E-state index in [1.165, 1.54) is 6.92 Å². The second-order valence-corrected chi connectivity index (χ2v) is 10.4. The van der Waals surface area contributed by atoms with Gasteiger partial charge in [0.15, 0.2) is 0 Å². The van der Waals surface area contributed by atoms with Crippen LogP contribution >= 0.6 is 0 Å². The Bertz CT molecular complexity index is 653. The number of aliphatic hydroxyl groups excluding tert-OH is 3. The molecular formula is C21H34O6. The normalized spacial score (nSPS) is 60.3. The molecule has 4 rings (SSSR count). The molecule has 4 saturated carbocycles. The van der Waals surface area contributed by atoms with Gasteiger partial charge in [-0.3, -0.25) is 4.79 Å². The fourth-order valence-electron chi connectivity index (χ4n) is 8.05. The van der Waals surface area contributed by atoms with E-state index in [1.807, 2.05) is 0 Å². The Morgan fingerprint density at radius 3 is 2.26 bits per heavy atom. The minimum Gasteiger partial charge on any atom is -0.393 e. The van der Waals surface area contributed by atoms with Crippen molar-refractivity contribution in [3.05, 3.63) is 0 Å². The maximum Gasteiger partial charge on any atom is 0.136 e. The summed E-state index contributed by atoms with van der Waals surface area (Å²) in [6.45, 7) is 5.27. The van der Waals surface area contributed by atoms with Gasteiger partial charge in [-0.2, -0.15) is 0 Å². The Morgan fingerprint density at radius 2 is 1.63 bits per heavy atom. The van der Waals surface area contributed by atoms with Gasteiger partial charge in [0.25, 0.3) is 0 Å². The summed E-state index contributed by atoms with van der Waals surface area (Å²) in [5.41, 5.74) is -4.79. The predicted octanol–water partition coefficient (Wildman–Crippen LogP) is 0.767. The van der Waals surface area contributed by atoms with E-state index in [9.17, 15) is 30.3 Å². The Balaban J connectivity index is 1.81. The molecule has 0 bridgehead atoms. The van der Waals surface area contributed by atoms with Crippen molar-refractivity contribution in [3.8, 4) is 0 Å². The molecular weight excluding hydrogens is 348 g/mol. The first-order valence-corrected chi connectivity index (χ1v) is 10.4. The van der Waals surface area contributed by atoms with Crippen LogP contribution in [0, 0.1) is 28.6 Å². The van der Waals surface area contributed by atoms with E-state index in [1.54, 1.807) is 6.92 Å². The summed E-state index contributed by atoms with van der Waals surface area (Å²) >= 11 is 0. The van der Waals surface area contributed by atoms with E-state index < -0.39 is 34.7 Å². The number of ketones is 1. The van der Waals surface area contributed by atoms with E-state index >= 15 is 0 Å². The van der Waals surface area contributed by atoms with Crippen LogP contribution in [0.3, 0.4) is 0 Å². The summed E-state index contributed by atoms with van der Waals surface area (Å²) in [5, 5.41) is 55.5. The third-order valence-corrected chi connectivity index (χ3v) is 9.45. The number of aliphatic hydroxyl groups is 5. The lowest BCUT2D eigenvalue weighted by atomic mass is 9.41. The van der Waals surface area contributed by atoms with Crippen molar-refractivity contribution in [1.29, 1.82) is 0 Å². The third kappa shape index (κ3) is 2.11. The number of rotatable bonds is 1. The van der Waals surface area contributed by atoms with Gasteiger partial charge in [-0.25, -0.2) is 0 Å². The van der Waals surface area contributed by atoms with Gasteiger partial charge >= 0.3 is 0 Å². The Morgan fingerprint density at radius 1 is 0.963 bits per heavy atom. The molecule has 0 unspecified atom stereocenters. The minimum absolute atomic E-state index is 0.234. The van der Waals surface area contributed by atoms with Crippen molar-refractivity contribution in [2.45, 2.75) is 95.2 Å². The van der Waals surface area contributed by atoms with Gasteiger partial charge < -0.3 is 25.5 Å². The van der Waals surface area contributed by atoms with Crippen LogP contribution in [0.15, 0.2) is 0 Å². The van der Waals surface area contributed by atoms with Crippen LogP contribution in [-0.4, -0.2) is 60.8 Å². The van der Waals surface area contributed by atoms with Gasteiger partial charge in [-0.1, -0.05) is 13.8 Å². The zero-order valence-corrected chi connectivity index (χ0v) is 16.6. The molecule has 0 spiro atoms. The van der Waals surface area contributed by atoms with E-state index in [-0.39, 0.29) is 29.1 Å². The fraction of sp³-hybridized carbons (Fsp3) is 0.952. The van der Waals surface area contributed by atoms with Crippen LogP contribution in [0.1, 0.15) is 65.7 Å². The van der Waals surface area contributed by atoms with Crippen LogP contribution in [0.4, 0.5) is 0 Å². The summed E-state index contributed by atoms with van der Waals surface area (Å²) in [7, 11) is 0. The van der Waals surface area contributed by atoms with Crippen LogP contribution in [0.2, 0.25) is 0 Å². The molecule has 154 valence electrons. The monoisotopic (exact) mass is 382 g/mol. The standard InChI is InChI=1S/C21H34O6/c1-11(22)15-16(24)17(25)21(27)19(15,3)8-6-14-18(2)7-5-13(23)10-12(18)4-9-20(14,21)26/h12-17,23-27H,4-10H2,1-3H3/t12-,13-,14+,15+,16-,17+,18-,19+,20-,21+/m0/s1. The average Bonchev–Trinajstić information content (AvgIpc) is 2.74. The summed E-state index contributed by atoms with van der Waals surface area (Å²) in [6.07, 6.45) is 0.993. The summed E-state index contributed by atoms with van der Waals surface area (Å²) in [4.78, 5) is 12.3. The van der Waals surface area contributed by atoms with Crippen LogP contribution in [0.5, 0.6) is 0 Å². The van der Waals surface area contributed by atoms with Crippen molar-refractivity contribution in [3.63, 3.8) is 0 Å². The molecule has 27 heavy (non-hydrogen) atoms. The number of carbonyl (C=O) groups excluding carboxylic acids is 1. The number of carbonyl (C=O) groups is 1. The first-order valence-electron chi connectivity index (χ1n) is 10.4. The van der Waals surface area contributed by atoms with Crippen LogP contribution in [0.25, 0.3) is 0 Å². The predicted molar refractivity (Wildman–Crippen MR) is 97.6 cm³/mol. The molecule has 0 aliphatic heterocycles. The smallest absolute Gasteiger partial charge is 0.136 e. The van der Waals surface area contributed by atoms with Crippen molar-refractivity contribution in [2.75, 3.05) is 0 Å². The maximum absolute atomic E-state index is 12.3. The number of Topliss-reactive ketones (excluding diaryl/α,β-unsaturated/α-hetero) is 1. The maximum atomic E-state index is 12.3. The van der Waals surface area contributed by atoms with Crippen LogP contribution in [-0.2, 0) is 4.79 Å². The molecule has 4 aliphatic rings. The van der Waals surface area contributed by atoms with Gasteiger partial charge in [-0.05, 0) is 69.1 Å². The topological polar surface area (TPSA) is 118 Å². The van der Waals surface area contributed by atoms with Gasteiger partial charge in [-0.15, -0.1) is 0 Å². The molecule has 0 radical (unpaired) electrons. The zero-order valence-electron chi connectivity index (χ0n) is 16.6. The molecule has 4 fully saturated rings. The van der Waals surface area contributed by atoms with E-state index in [0.717, 1.165) is 6.42 Å². The molecule has 0 amide bonds. The lowest BCUT2D eigenvalue weighted by Gasteiger charge is -2.67. The average molecular weight is 382 g/mol. The molecule has 6 heteroatoms. The lowest BCUT2D eigenvalue weighted by molar-refractivity contribution is -0.317. The molecule has 10 atom stereocenters. The molecule has 0 heterocycles. The first-order chi connectivity index (χ1) is 12.4. The summed E-state index contributed by atoms with van der Waals surface area (Å²) < 4.78 is 0. The highest BCUT2D eigenvalue weighted by atomic mass is 16.4. The number of fused-ring (bicyclic) bond motifs is 5. The molecule has 0 aromatic rings. The van der Waals surface area contributed by atoms with Gasteiger partial charge in [0, 0.05) is 5.41 Å². The SMILES string of the molecule is CC(=O)[C@@H]1[C@H](O)[C@@H](O)[C@@]2(O)[C@]1(C)CC[C@@H]1[C@@]3(C)CC[C@H](O)C[C@@H]3CC[C@]12O. The zero-order chi connectivity index (χ0) is 20.0. The highest BCUT2D eigenvalue weighted by Gasteiger charge is 2.79. The van der Waals surface area contributed by atoms with Crippen LogP contribution < -0.4 is 0 Å². The van der Waals surface area contributed by atoms with Crippen molar-refractivity contribution < 1.29 is 30.3 Å². The minimum atomic E-state index is -1.93. The molecule has 0 aromatic carbocycles. The Kier molecular flexibility index (Phi) is 4.22. The number of hydrogen-bond acceptors (Lipinski definition) is 6. The summed E-state index contributed by atoms with van der Waals surface area (Å²) in [5.74, 6) is -1.11. The quantitative estimate of drug-likeness (QED) is 0.457. The van der Waals surface area contributed by atoms with Gasteiger partial charge in [0.1, 0.15) is 17.5 Å². The second-order valence-electron chi connectivity index (χ2n) is 10.4. The highest BCUT2D eigenvalue weighted by Crippen LogP contribution is 2.70.